The van der Waals surface area contributed by atoms with Gasteiger partial charge in [0.05, 0.1) is 53.3 Å². The Kier molecular flexibility index (Phi) is 22.1. The Balaban J connectivity index is 0.000000283. The molecule has 6 saturated carbocycles. The van der Waals surface area contributed by atoms with Crippen LogP contribution >= 0.6 is 10.7 Å². The number of nitrogens with two attached hydrogens (primary N) is 1. The molecule has 6 fully saturated rings. The van der Waals surface area contributed by atoms with Crippen molar-refractivity contribution in [2.24, 2.45) is 41.2 Å². The van der Waals surface area contributed by atoms with E-state index in [4.69, 9.17) is 30.6 Å². The molecule has 0 aromatic heterocycles. The Labute approximate surface area is 359 Å². The molecule has 346 valence electrons. The summed E-state index contributed by atoms with van der Waals surface area (Å²) in [6, 6.07) is -0.0192. The molecule has 0 amide bonds. The van der Waals surface area contributed by atoms with Crippen LogP contribution in [0.2, 0.25) is 0 Å². The highest BCUT2D eigenvalue weighted by Gasteiger charge is 2.45. The number of esters is 3. The number of rotatable bonds is 16. The fourth-order valence-electron chi connectivity index (χ4n) is 8.34. The van der Waals surface area contributed by atoms with E-state index in [0.717, 1.165) is 83.5 Å². The quantitative estimate of drug-likeness (QED) is 0.0983. The van der Waals surface area contributed by atoms with E-state index in [2.05, 4.69) is 16.4 Å². The van der Waals surface area contributed by atoms with E-state index in [1.807, 2.05) is 20.8 Å². The Morgan fingerprint density at radius 3 is 1.08 bits per heavy atom. The van der Waals surface area contributed by atoms with Crippen LogP contribution in [0.25, 0.3) is 0 Å². The Morgan fingerprint density at radius 2 is 0.831 bits per heavy atom. The van der Waals surface area contributed by atoms with Gasteiger partial charge in [0, 0.05) is 28.8 Å². The monoisotopic (exact) mass is 919 g/mol. The van der Waals surface area contributed by atoms with E-state index in [0.29, 0.717) is 38.6 Å². The first-order valence-electron chi connectivity index (χ1n) is 21.5. The summed E-state index contributed by atoms with van der Waals surface area (Å²) >= 11 is 0. The molecule has 6 rings (SSSR count). The van der Waals surface area contributed by atoms with Gasteiger partial charge in [-0.15, -0.1) is 0 Å². The SMILES string of the molecule is C.CCOC(=O)C1CC(N)CC1CC.CCOC(=O)C1CC(NS(=O)(=O)C2CC2)CC1CC.CCOC(=O)[C@H]1C[C@@H](NS(=O)(=O)C2CC2)C[C@H]1CC.O=S(=O)(Cl)C1CC1. The molecule has 0 spiro atoms. The molecule has 6 aliphatic carbocycles. The second-order valence-electron chi connectivity index (χ2n) is 16.5. The number of nitrogens with one attached hydrogen (secondary N) is 2. The van der Waals surface area contributed by atoms with Crippen molar-refractivity contribution in [3.05, 3.63) is 0 Å². The average molecular weight is 921 g/mol. The normalized spacial score (nSPS) is 30.2. The molecule has 0 heterocycles. The van der Waals surface area contributed by atoms with Crippen molar-refractivity contribution >= 4 is 57.7 Å². The minimum atomic E-state index is -3.17. The maximum Gasteiger partial charge on any atom is 0.309 e. The van der Waals surface area contributed by atoms with Gasteiger partial charge in [0.1, 0.15) is 0 Å². The van der Waals surface area contributed by atoms with Crippen molar-refractivity contribution in [1.82, 2.24) is 9.44 Å². The lowest BCUT2D eigenvalue weighted by Gasteiger charge is -2.15. The number of carbonyl (C=O) groups is 3. The van der Waals surface area contributed by atoms with Crippen LogP contribution in [-0.4, -0.2) is 96.9 Å². The highest BCUT2D eigenvalue weighted by atomic mass is 35.7. The van der Waals surface area contributed by atoms with E-state index >= 15 is 0 Å². The largest absolute Gasteiger partial charge is 0.466 e. The second kappa shape index (κ2) is 24.3. The van der Waals surface area contributed by atoms with Crippen LogP contribution in [0.15, 0.2) is 0 Å². The highest BCUT2D eigenvalue weighted by molar-refractivity contribution is 8.14. The molecular weight excluding hydrogens is 846 g/mol. The van der Waals surface area contributed by atoms with Gasteiger partial charge in [-0.3, -0.25) is 14.4 Å². The summed E-state index contributed by atoms with van der Waals surface area (Å²) in [6.45, 7) is 12.8. The minimum Gasteiger partial charge on any atom is -0.466 e. The average Bonchev–Trinajstić information content (AvgIpc) is 4.03. The van der Waals surface area contributed by atoms with Crippen LogP contribution in [0.3, 0.4) is 0 Å². The molecule has 0 aromatic carbocycles. The molecule has 6 unspecified atom stereocenters. The molecule has 0 radical (unpaired) electrons. The van der Waals surface area contributed by atoms with Gasteiger partial charge in [0.15, 0.2) is 0 Å². The van der Waals surface area contributed by atoms with Crippen LogP contribution in [0.5, 0.6) is 0 Å². The van der Waals surface area contributed by atoms with E-state index in [1.165, 1.54) is 0 Å². The van der Waals surface area contributed by atoms with Gasteiger partial charge in [-0.25, -0.2) is 34.7 Å². The van der Waals surface area contributed by atoms with Crippen molar-refractivity contribution in [1.29, 1.82) is 0 Å². The van der Waals surface area contributed by atoms with Crippen LogP contribution in [0.4, 0.5) is 0 Å². The first kappa shape index (κ1) is 53.6. The standard InChI is InChI=1S/2C13H23NO4S.C10H19NO2.C3H5ClO2S.CH4/c2*1-3-9-7-10(8-12(9)13(15)18-4-2)14-19(16,17)11-5-6-11;1-3-7-5-8(11)6-9(7)10(12)13-4-2;4-7(5,6)3-1-2-3;/h2*9-12,14H,3-8H2,1-2H3;7-9H,3-6,11H2,1-2H3;3H,1-2H2;1H4/t9-,10+,12+;;;;/m1..../s1. The van der Waals surface area contributed by atoms with Crippen LogP contribution in [-0.2, 0) is 57.7 Å². The maximum atomic E-state index is 11.9. The third-order valence-electron chi connectivity index (χ3n) is 12.0. The van der Waals surface area contributed by atoms with Crippen molar-refractivity contribution in [2.45, 2.75) is 179 Å². The van der Waals surface area contributed by atoms with Crippen LogP contribution in [0.1, 0.15) is 145 Å². The summed E-state index contributed by atoms with van der Waals surface area (Å²) in [4.78, 5) is 35.2. The fraction of sp³-hybridized carbons (Fsp3) is 0.925. The van der Waals surface area contributed by atoms with E-state index in [1.54, 1.807) is 13.8 Å². The fourth-order valence-corrected chi connectivity index (χ4v) is 12.8. The summed E-state index contributed by atoms with van der Waals surface area (Å²) in [6.07, 6.45) is 11.8. The lowest BCUT2D eigenvalue weighted by molar-refractivity contribution is -0.150. The topological polar surface area (TPSA) is 231 Å². The first-order valence-corrected chi connectivity index (χ1v) is 26.9. The highest BCUT2D eigenvalue weighted by Crippen LogP contribution is 2.39. The number of halogens is 1. The smallest absolute Gasteiger partial charge is 0.309 e. The zero-order valence-corrected chi connectivity index (χ0v) is 38.4. The van der Waals surface area contributed by atoms with E-state index in [9.17, 15) is 39.6 Å². The molecule has 19 heteroatoms. The number of carbonyl (C=O) groups excluding carboxylic acids is 3. The zero-order valence-electron chi connectivity index (χ0n) is 35.2. The van der Waals surface area contributed by atoms with Crippen molar-refractivity contribution in [2.75, 3.05) is 19.8 Å². The molecule has 0 bridgehead atoms. The van der Waals surface area contributed by atoms with E-state index in [-0.39, 0.29) is 88.8 Å². The van der Waals surface area contributed by atoms with Gasteiger partial charge < -0.3 is 19.9 Å². The zero-order chi connectivity index (χ0) is 43.4. The van der Waals surface area contributed by atoms with Gasteiger partial charge >= 0.3 is 17.9 Å². The molecular formula is C40H74ClN3O12S3. The Bertz CT molecular complexity index is 1590. The molecule has 4 N–H and O–H groups in total. The number of hydrogen-bond donors (Lipinski definition) is 3. The van der Waals surface area contributed by atoms with Crippen LogP contribution in [0, 0.1) is 35.5 Å². The molecule has 59 heavy (non-hydrogen) atoms. The molecule has 6 aliphatic rings. The van der Waals surface area contributed by atoms with Crippen molar-refractivity contribution in [3.63, 3.8) is 0 Å². The summed E-state index contributed by atoms with van der Waals surface area (Å²) < 4.78 is 88.7. The van der Waals surface area contributed by atoms with Crippen molar-refractivity contribution < 1.29 is 53.8 Å². The van der Waals surface area contributed by atoms with Gasteiger partial charge in [0.25, 0.3) is 0 Å². The predicted molar refractivity (Wildman–Crippen MR) is 230 cm³/mol. The summed E-state index contributed by atoms with van der Waals surface area (Å²) in [5.74, 6) is 0.229. The lowest BCUT2D eigenvalue weighted by Crippen LogP contribution is -2.35. The van der Waals surface area contributed by atoms with Gasteiger partial charge in [-0.1, -0.05) is 47.5 Å². The lowest BCUT2D eigenvalue weighted by atomic mass is 9.94. The maximum absolute atomic E-state index is 11.9. The van der Waals surface area contributed by atoms with Gasteiger partial charge in [-0.2, -0.15) is 0 Å². The molecule has 0 aromatic rings. The Morgan fingerprint density at radius 1 is 0.525 bits per heavy atom. The van der Waals surface area contributed by atoms with Gasteiger partial charge in [-0.05, 0) is 116 Å². The summed E-state index contributed by atoms with van der Waals surface area (Å²) in [5, 5.41) is -0.613. The number of hydrogen-bond acceptors (Lipinski definition) is 13. The first-order chi connectivity index (χ1) is 27.2. The van der Waals surface area contributed by atoms with Gasteiger partial charge in [0.2, 0.25) is 29.1 Å². The predicted octanol–water partition coefficient (Wildman–Crippen LogP) is 5.54. The van der Waals surface area contributed by atoms with E-state index < -0.39 is 29.1 Å². The molecule has 0 aliphatic heterocycles. The number of ether oxygens (including phenoxy) is 3. The van der Waals surface area contributed by atoms with Crippen LogP contribution < -0.4 is 15.2 Å². The molecule has 0 saturated heterocycles. The minimum absolute atomic E-state index is 0. The molecule has 15 nitrogen and oxygen atoms in total. The summed E-state index contributed by atoms with van der Waals surface area (Å²) in [5.41, 5.74) is 5.82. The third kappa shape index (κ3) is 17.3. The second-order valence-corrected chi connectivity index (χ2v) is 23.4. The summed E-state index contributed by atoms with van der Waals surface area (Å²) in [7, 11) is -4.59. The van der Waals surface area contributed by atoms with Crippen molar-refractivity contribution in [3.8, 4) is 0 Å². The number of sulfonamides is 2. The molecule has 9 atom stereocenters. The Hall–Kier alpha value is -1.57. The third-order valence-corrected chi connectivity index (χ3v) is 18.0.